The van der Waals surface area contributed by atoms with Gasteiger partial charge >= 0.3 is 5.69 Å². The maximum absolute atomic E-state index is 13.4. The second-order valence-corrected chi connectivity index (χ2v) is 7.30. The number of aliphatic hydroxyl groups is 1. The minimum atomic E-state index is -0.399. The molecule has 9 nitrogen and oxygen atoms in total. The van der Waals surface area contributed by atoms with Crippen molar-refractivity contribution in [3.05, 3.63) is 68.1 Å². The van der Waals surface area contributed by atoms with Gasteiger partial charge in [0.05, 0.1) is 26.4 Å². The molecule has 0 bridgehead atoms. The van der Waals surface area contributed by atoms with Gasteiger partial charge in [-0.05, 0) is 19.4 Å². The number of aliphatic hydroxyl groups excluding tert-OH is 1. The number of rotatable bonds is 7. The number of nitrogens with zero attached hydrogens (tertiary/aromatic N) is 5. The molecular weight excluding hydrogens is 386 g/mol. The second-order valence-electron chi connectivity index (χ2n) is 7.30. The summed E-state index contributed by atoms with van der Waals surface area (Å²) in [4.78, 5) is 30.9. The van der Waals surface area contributed by atoms with Crippen molar-refractivity contribution in [2.24, 2.45) is 7.05 Å². The van der Waals surface area contributed by atoms with E-state index in [2.05, 4.69) is 4.98 Å². The van der Waals surface area contributed by atoms with E-state index in [4.69, 9.17) is 9.84 Å². The van der Waals surface area contributed by atoms with E-state index in [-0.39, 0.29) is 25.3 Å². The maximum atomic E-state index is 13.4. The first-order chi connectivity index (χ1) is 14.5. The summed E-state index contributed by atoms with van der Waals surface area (Å²) in [6.07, 6.45) is 0. The van der Waals surface area contributed by atoms with E-state index in [0.29, 0.717) is 30.1 Å². The molecule has 0 radical (unpaired) electrons. The summed E-state index contributed by atoms with van der Waals surface area (Å²) in [5.74, 6) is 0.595. The van der Waals surface area contributed by atoms with E-state index in [0.717, 1.165) is 17.0 Å². The van der Waals surface area contributed by atoms with Gasteiger partial charge in [0.15, 0.2) is 11.2 Å². The Morgan fingerprint density at radius 1 is 1.03 bits per heavy atom. The molecule has 9 heteroatoms. The molecule has 0 amide bonds. The van der Waals surface area contributed by atoms with Crippen molar-refractivity contribution in [2.45, 2.75) is 26.9 Å². The quantitative estimate of drug-likeness (QED) is 0.455. The zero-order valence-electron chi connectivity index (χ0n) is 17.3. The van der Waals surface area contributed by atoms with Gasteiger partial charge in [0, 0.05) is 25.0 Å². The van der Waals surface area contributed by atoms with Gasteiger partial charge < -0.3 is 14.4 Å². The van der Waals surface area contributed by atoms with E-state index in [1.807, 2.05) is 53.1 Å². The van der Waals surface area contributed by atoms with Crippen LogP contribution < -0.4 is 11.2 Å². The minimum absolute atomic E-state index is 0.0323. The summed E-state index contributed by atoms with van der Waals surface area (Å²) in [7, 11) is 1.63. The van der Waals surface area contributed by atoms with Crippen LogP contribution in [0.4, 0.5) is 0 Å². The van der Waals surface area contributed by atoms with Gasteiger partial charge in [-0.15, -0.1) is 0 Å². The number of hydrogen-bond acceptors (Lipinski definition) is 5. The predicted octanol–water partition coefficient (Wildman–Crippen LogP) is 0.823. The van der Waals surface area contributed by atoms with Crippen molar-refractivity contribution >= 4 is 16.9 Å². The fourth-order valence-corrected chi connectivity index (χ4v) is 3.81. The molecule has 0 aliphatic heterocycles. The normalized spacial score (nSPS) is 11.7. The molecule has 0 fully saturated rings. The molecule has 158 valence electrons. The average molecular weight is 411 g/mol. The first-order valence-electron chi connectivity index (χ1n) is 9.86. The van der Waals surface area contributed by atoms with Gasteiger partial charge in [0.1, 0.15) is 0 Å². The third kappa shape index (κ3) is 3.16. The molecule has 0 spiro atoms. The minimum Gasteiger partial charge on any atom is -0.394 e. The van der Waals surface area contributed by atoms with E-state index < -0.39 is 5.69 Å². The van der Waals surface area contributed by atoms with Crippen LogP contribution in [-0.4, -0.2) is 48.0 Å². The van der Waals surface area contributed by atoms with Gasteiger partial charge in [-0.3, -0.25) is 18.3 Å². The van der Waals surface area contributed by atoms with Gasteiger partial charge in [-0.2, -0.15) is 4.98 Å². The summed E-state index contributed by atoms with van der Waals surface area (Å²) >= 11 is 0. The Hall–Kier alpha value is -3.17. The molecular formula is C21H25N5O4. The highest BCUT2D eigenvalue weighted by atomic mass is 16.5. The van der Waals surface area contributed by atoms with E-state index in [1.54, 1.807) is 7.05 Å². The number of aromatic nitrogens is 5. The largest absolute Gasteiger partial charge is 0.394 e. The Morgan fingerprint density at radius 3 is 2.47 bits per heavy atom. The van der Waals surface area contributed by atoms with E-state index >= 15 is 0 Å². The molecule has 4 aromatic rings. The molecule has 3 heterocycles. The highest BCUT2D eigenvalue weighted by molar-refractivity contribution is 5.76. The van der Waals surface area contributed by atoms with Crippen molar-refractivity contribution < 1.29 is 9.84 Å². The summed E-state index contributed by atoms with van der Waals surface area (Å²) in [5.41, 5.74) is 2.72. The lowest BCUT2D eigenvalue weighted by atomic mass is 10.2. The molecule has 0 unspecified atom stereocenters. The Morgan fingerprint density at radius 2 is 1.77 bits per heavy atom. The van der Waals surface area contributed by atoms with Gasteiger partial charge in [-0.1, -0.05) is 30.3 Å². The maximum Gasteiger partial charge on any atom is 0.332 e. The standard InChI is InChI=1S/C21H25N5O4/c1-14-15(2)26-17-18(22-20(26)24(14)9-11-30-12-10-27)23(3)21(29)25(19(17)28)13-16-7-5-4-6-8-16/h4-8,27H,9-13H2,1-3H3. The monoisotopic (exact) mass is 411 g/mol. The summed E-state index contributed by atoms with van der Waals surface area (Å²) in [6.45, 7) is 5.26. The molecule has 3 aromatic heterocycles. The van der Waals surface area contributed by atoms with Gasteiger partial charge in [-0.25, -0.2) is 4.79 Å². The molecule has 0 aliphatic carbocycles. The lowest BCUT2D eigenvalue weighted by Gasteiger charge is -2.09. The van der Waals surface area contributed by atoms with Gasteiger partial charge in [0.25, 0.3) is 5.56 Å². The highest BCUT2D eigenvalue weighted by Gasteiger charge is 2.22. The molecule has 30 heavy (non-hydrogen) atoms. The Bertz CT molecular complexity index is 1330. The molecule has 0 atom stereocenters. The van der Waals surface area contributed by atoms with Crippen LogP contribution in [0, 0.1) is 13.8 Å². The third-order valence-electron chi connectivity index (χ3n) is 5.51. The smallest absolute Gasteiger partial charge is 0.332 e. The summed E-state index contributed by atoms with van der Waals surface area (Å²) < 4.78 is 11.9. The molecule has 1 N–H and O–H groups in total. The lowest BCUT2D eigenvalue weighted by molar-refractivity contribution is 0.0872. The lowest BCUT2D eigenvalue weighted by Crippen LogP contribution is -2.39. The van der Waals surface area contributed by atoms with E-state index in [1.165, 1.54) is 9.13 Å². The predicted molar refractivity (Wildman–Crippen MR) is 113 cm³/mol. The van der Waals surface area contributed by atoms with Crippen LogP contribution in [0.3, 0.4) is 0 Å². The fourth-order valence-electron chi connectivity index (χ4n) is 3.81. The van der Waals surface area contributed by atoms with Crippen LogP contribution in [0.2, 0.25) is 0 Å². The SMILES string of the molecule is Cc1c(C)n2c3c(=O)n(Cc4ccccc4)c(=O)n(C)c3nc2n1CCOCCO. The second kappa shape index (κ2) is 7.92. The molecule has 4 rings (SSSR count). The zero-order valence-corrected chi connectivity index (χ0v) is 17.3. The molecule has 0 saturated heterocycles. The van der Waals surface area contributed by atoms with Crippen molar-refractivity contribution in [3.63, 3.8) is 0 Å². The third-order valence-corrected chi connectivity index (χ3v) is 5.51. The molecule has 1 aromatic carbocycles. The van der Waals surface area contributed by atoms with Crippen LogP contribution in [0.15, 0.2) is 39.9 Å². The van der Waals surface area contributed by atoms with Crippen molar-refractivity contribution in [3.8, 4) is 0 Å². The Labute approximate surface area is 172 Å². The van der Waals surface area contributed by atoms with Crippen molar-refractivity contribution in [2.75, 3.05) is 19.8 Å². The Balaban J connectivity index is 1.91. The topological polar surface area (TPSA) is 95.7 Å². The molecule has 0 aliphatic rings. The summed E-state index contributed by atoms with van der Waals surface area (Å²) in [5, 5.41) is 8.89. The number of ether oxygens (including phenoxy) is 1. The van der Waals surface area contributed by atoms with Crippen LogP contribution in [0.5, 0.6) is 0 Å². The summed E-state index contributed by atoms with van der Waals surface area (Å²) in [6, 6.07) is 9.44. The van der Waals surface area contributed by atoms with Crippen molar-refractivity contribution in [1.82, 2.24) is 23.1 Å². The van der Waals surface area contributed by atoms with Crippen LogP contribution in [-0.2, 0) is 24.9 Å². The number of hydrogen-bond donors (Lipinski definition) is 1. The van der Waals surface area contributed by atoms with Crippen molar-refractivity contribution in [1.29, 1.82) is 0 Å². The van der Waals surface area contributed by atoms with E-state index in [9.17, 15) is 9.59 Å². The zero-order chi connectivity index (χ0) is 21.4. The average Bonchev–Trinajstić information content (AvgIpc) is 3.24. The first-order valence-corrected chi connectivity index (χ1v) is 9.86. The molecule has 0 saturated carbocycles. The van der Waals surface area contributed by atoms with Crippen LogP contribution in [0.1, 0.15) is 17.0 Å². The van der Waals surface area contributed by atoms with Crippen LogP contribution in [0.25, 0.3) is 16.9 Å². The fraction of sp³-hybridized carbons (Fsp3) is 0.381. The number of aryl methyl sites for hydroxylation is 2. The Kier molecular flexibility index (Phi) is 5.31. The highest BCUT2D eigenvalue weighted by Crippen LogP contribution is 2.20. The van der Waals surface area contributed by atoms with Gasteiger partial charge in [0.2, 0.25) is 5.78 Å². The number of imidazole rings is 2. The first kappa shape index (κ1) is 20.1. The number of benzene rings is 1. The van der Waals surface area contributed by atoms with Crippen LogP contribution >= 0.6 is 0 Å². The number of fused-ring (bicyclic) bond motifs is 3.